The molecule has 1 unspecified atom stereocenters. The molecule has 1 aliphatic carbocycles. The average molecular weight is 669 g/mol. The number of benzene rings is 7. The predicted octanol–water partition coefficient (Wildman–Crippen LogP) is 12.2. The molecule has 0 bridgehead atoms. The fraction of sp³-hybridized carbons (Fsp3) is 0.0213. The van der Waals surface area contributed by atoms with Gasteiger partial charge >= 0.3 is 0 Å². The second-order valence-electron chi connectivity index (χ2n) is 13.3. The van der Waals surface area contributed by atoms with Crippen molar-refractivity contribution >= 4 is 33.7 Å². The SMILES string of the molecule is c1ccc(-c2cc(-c3ccccc3)nc(-c3ccc4c(c3)C3(c5ccccc5S4)c4ccccc4-c4c3ccc3oc5ccccc5c43)n2)cc1. The molecule has 238 valence electrons. The molecule has 0 radical (unpaired) electrons. The first-order valence-corrected chi connectivity index (χ1v) is 18.1. The van der Waals surface area contributed by atoms with E-state index in [2.05, 4.69) is 152 Å². The maximum absolute atomic E-state index is 6.46. The van der Waals surface area contributed by atoms with Gasteiger partial charge in [-0.3, -0.25) is 0 Å². The van der Waals surface area contributed by atoms with E-state index in [1.807, 2.05) is 30.0 Å². The highest BCUT2D eigenvalue weighted by molar-refractivity contribution is 7.99. The van der Waals surface area contributed by atoms with Crippen molar-refractivity contribution in [3.63, 3.8) is 0 Å². The largest absolute Gasteiger partial charge is 0.456 e. The fourth-order valence-electron chi connectivity index (χ4n) is 8.43. The van der Waals surface area contributed by atoms with E-state index >= 15 is 0 Å². The van der Waals surface area contributed by atoms with E-state index in [9.17, 15) is 0 Å². The Morgan fingerprint density at radius 2 is 1.10 bits per heavy atom. The lowest BCUT2D eigenvalue weighted by Gasteiger charge is -2.39. The molecule has 7 aromatic carbocycles. The third-order valence-electron chi connectivity index (χ3n) is 10.6. The molecule has 4 heteroatoms. The van der Waals surface area contributed by atoms with Gasteiger partial charge in [-0.2, -0.15) is 0 Å². The smallest absolute Gasteiger partial charge is 0.160 e. The highest BCUT2D eigenvalue weighted by Crippen LogP contribution is 2.63. The Morgan fingerprint density at radius 1 is 0.451 bits per heavy atom. The number of furan rings is 1. The minimum Gasteiger partial charge on any atom is -0.456 e. The maximum atomic E-state index is 6.46. The number of para-hydroxylation sites is 1. The fourth-order valence-corrected chi connectivity index (χ4v) is 9.61. The molecule has 2 aliphatic rings. The van der Waals surface area contributed by atoms with E-state index in [4.69, 9.17) is 14.4 Å². The highest BCUT2D eigenvalue weighted by Gasteiger charge is 2.51. The van der Waals surface area contributed by atoms with E-state index in [0.717, 1.165) is 44.6 Å². The second-order valence-corrected chi connectivity index (χ2v) is 14.3. The van der Waals surface area contributed by atoms with Crippen LogP contribution < -0.4 is 0 Å². The highest BCUT2D eigenvalue weighted by atomic mass is 32.2. The second kappa shape index (κ2) is 10.9. The Morgan fingerprint density at radius 3 is 1.88 bits per heavy atom. The number of hydrogen-bond acceptors (Lipinski definition) is 4. The number of fused-ring (bicyclic) bond motifs is 13. The first-order valence-electron chi connectivity index (χ1n) is 17.2. The van der Waals surface area contributed by atoms with Crippen LogP contribution in [0.5, 0.6) is 0 Å². The molecule has 0 saturated heterocycles. The molecular formula is C47H28N2OS. The van der Waals surface area contributed by atoms with Gasteiger partial charge in [-0.25, -0.2) is 9.97 Å². The third-order valence-corrected chi connectivity index (χ3v) is 11.7. The van der Waals surface area contributed by atoms with Gasteiger partial charge < -0.3 is 4.42 Å². The lowest BCUT2D eigenvalue weighted by Crippen LogP contribution is -2.32. The third kappa shape index (κ3) is 4.08. The van der Waals surface area contributed by atoms with Crippen molar-refractivity contribution < 1.29 is 4.42 Å². The van der Waals surface area contributed by atoms with Gasteiger partial charge in [-0.1, -0.05) is 145 Å². The van der Waals surface area contributed by atoms with E-state index in [-0.39, 0.29) is 0 Å². The van der Waals surface area contributed by atoms with Crippen LogP contribution in [0.2, 0.25) is 0 Å². The van der Waals surface area contributed by atoms with Crippen molar-refractivity contribution in [2.75, 3.05) is 0 Å². The summed E-state index contributed by atoms with van der Waals surface area (Å²) in [4.78, 5) is 13.0. The molecule has 0 amide bonds. The molecule has 3 nitrogen and oxygen atoms in total. The van der Waals surface area contributed by atoms with Crippen molar-refractivity contribution in [2.45, 2.75) is 15.2 Å². The lowest BCUT2D eigenvalue weighted by atomic mass is 9.67. The molecular weight excluding hydrogens is 641 g/mol. The summed E-state index contributed by atoms with van der Waals surface area (Å²) in [7, 11) is 0. The Bertz CT molecular complexity index is 2780. The van der Waals surface area contributed by atoms with Gasteiger partial charge in [-0.05, 0) is 69.8 Å². The van der Waals surface area contributed by atoms with Gasteiger partial charge in [0.05, 0.1) is 16.8 Å². The van der Waals surface area contributed by atoms with Crippen LogP contribution in [0.25, 0.3) is 67.0 Å². The summed E-state index contributed by atoms with van der Waals surface area (Å²) in [6.45, 7) is 0. The number of nitrogens with zero attached hydrogens (tertiary/aromatic N) is 2. The standard InChI is InChI=1S/C47H28N2OS/c1-3-13-29(14-4-1)38-28-39(30-15-5-2-6-16-30)49-46(48-38)31-23-26-43-37(27-31)47(35-20-10-12-22-42(35)51-43)34-19-9-7-17-32(34)44-36(47)24-25-41-45(44)33-18-8-11-21-40(33)50-41/h1-28H. The summed E-state index contributed by atoms with van der Waals surface area (Å²) in [5.41, 5.74) is 13.8. The van der Waals surface area contributed by atoms with Gasteiger partial charge in [0.1, 0.15) is 11.2 Å². The molecule has 11 rings (SSSR count). The first-order chi connectivity index (χ1) is 25.3. The summed E-state index contributed by atoms with van der Waals surface area (Å²) < 4.78 is 6.46. The maximum Gasteiger partial charge on any atom is 0.160 e. The lowest BCUT2D eigenvalue weighted by molar-refractivity contribution is 0.668. The van der Waals surface area contributed by atoms with Crippen LogP contribution in [-0.4, -0.2) is 9.97 Å². The van der Waals surface area contributed by atoms with Gasteiger partial charge in [-0.15, -0.1) is 0 Å². The zero-order valence-corrected chi connectivity index (χ0v) is 28.2. The predicted molar refractivity (Wildman–Crippen MR) is 207 cm³/mol. The van der Waals surface area contributed by atoms with Crippen LogP contribution in [0, 0.1) is 0 Å². The molecule has 2 aromatic heterocycles. The van der Waals surface area contributed by atoms with Crippen LogP contribution in [0.3, 0.4) is 0 Å². The van der Waals surface area contributed by atoms with E-state index in [0.29, 0.717) is 5.82 Å². The van der Waals surface area contributed by atoms with Gasteiger partial charge in [0, 0.05) is 37.3 Å². The van der Waals surface area contributed by atoms with Crippen LogP contribution in [0.1, 0.15) is 22.3 Å². The molecule has 1 aliphatic heterocycles. The van der Waals surface area contributed by atoms with Crippen molar-refractivity contribution in [2.24, 2.45) is 0 Å². The van der Waals surface area contributed by atoms with E-state index in [1.165, 1.54) is 48.6 Å². The van der Waals surface area contributed by atoms with Crippen molar-refractivity contribution in [1.29, 1.82) is 0 Å². The molecule has 1 spiro atoms. The summed E-state index contributed by atoms with van der Waals surface area (Å²) in [6.07, 6.45) is 0. The van der Waals surface area contributed by atoms with Crippen LogP contribution in [0.15, 0.2) is 184 Å². The van der Waals surface area contributed by atoms with E-state index < -0.39 is 5.41 Å². The normalized spacial score (nSPS) is 15.5. The Balaban J connectivity index is 1.22. The molecule has 0 fully saturated rings. The Labute approximate surface area is 299 Å². The molecule has 51 heavy (non-hydrogen) atoms. The summed E-state index contributed by atoms with van der Waals surface area (Å²) in [5.74, 6) is 0.708. The Kier molecular flexibility index (Phi) is 6.10. The van der Waals surface area contributed by atoms with Crippen molar-refractivity contribution in [3.05, 3.63) is 192 Å². The van der Waals surface area contributed by atoms with E-state index in [1.54, 1.807) is 0 Å². The minimum atomic E-state index is -0.551. The molecule has 9 aromatic rings. The zero-order valence-electron chi connectivity index (χ0n) is 27.4. The zero-order chi connectivity index (χ0) is 33.5. The van der Waals surface area contributed by atoms with Crippen LogP contribution in [0.4, 0.5) is 0 Å². The van der Waals surface area contributed by atoms with Gasteiger partial charge in [0.2, 0.25) is 0 Å². The molecule has 0 N–H and O–H groups in total. The molecule has 1 atom stereocenters. The molecule has 0 saturated carbocycles. The van der Waals surface area contributed by atoms with Crippen LogP contribution in [-0.2, 0) is 5.41 Å². The quantitative estimate of drug-likeness (QED) is 0.188. The topological polar surface area (TPSA) is 38.9 Å². The van der Waals surface area contributed by atoms with Crippen molar-refractivity contribution in [1.82, 2.24) is 9.97 Å². The Hall–Kier alpha value is -6.23. The number of aromatic nitrogens is 2. The van der Waals surface area contributed by atoms with Crippen molar-refractivity contribution in [3.8, 4) is 45.0 Å². The monoisotopic (exact) mass is 668 g/mol. The number of rotatable bonds is 3. The number of hydrogen-bond donors (Lipinski definition) is 0. The summed E-state index contributed by atoms with van der Waals surface area (Å²) in [6, 6.07) is 60.5. The minimum absolute atomic E-state index is 0.551. The van der Waals surface area contributed by atoms with Gasteiger partial charge in [0.15, 0.2) is 5.82 Å². The average Bonchev–Trinajstić information content (AvgIpc) is 3.72. The molecule has 3 heterocycles. The van der Waals surface area contributed by atoms with Crippen LogP contribution >= 0.6 is 11.8 Å². The summed E-state index contributed by atoms with van der Waals surface area (Å²) in [5, 5.41) is 2.32. The summed E-state index contributed by atoms with van der Waals surface area (Å²) >= 11 is 1.85. The van der Waals surface area contributed by atoms with Gasteiger partial charge in [0.25, 0.3) is 0 Å². The first kappa shape index (κ1) is 28.6.